The van der Waals surface area contributed by atoms with Crippen molar-refractivity contribution in [1.29, 1.82) is 0 Å². The van der Waals surface area contributed by atoms with Crippen molar-refractivity contribution in [3.8, 4) is 17.0 Å². The Hall–Kier alpha value is -3.02. The van der Waals surface area contributed by atoms with Gasteiger partial charge in [-0.1, -0.05) is 17.3 Å². The van der Waals surface area contributed by atoms with Gasteiger partial charge in [0.25, 0.3) is 5.91 Å². The van der Waals surface area contributed by atoms with Crippen LogP contribution < -0.4 is 4.74 Å². The van der Waals surface area contributed by atoms with Gasteiger partial charge in [-0.25, -0.2) is 0 Å². The van der Waals surface area contributed by atoms with Crippen LogP contribution >= 0.6 is 0 Å². The van der Waals surface area contributed by atoms with E-state index in [4.69, 9.17) is 13.7 Å². The third kappa shape index (κ3) is 2.91. The van der Waals surface area contributed by atoms with Crippen LogP contribution in [0.3, 0.4) is 0 Å². The Morgan fingerprint density at radius 1 is 1.28 bits per heavy atom. The number of rotatable bonds is 4. The van der Waals surface area contributed by atoms with E-state index in [1.165, 1.54) is 0 Å². The minimum absolute atomic E-state index is 0.0483. The fourth-order valence-electron chi connectivity index (χ4n) is 3.22. The monoisotopic (exact) mass is 338 g/mol. The SMILES string of the molecule is COc1cccc(-c2cc(C(=O)N3CCC[C@H]3c3ccco3)on2)c1. The van der Waals surface area contributed by atoms with Crippen molar-refractivity contribution < 1.29 is 18.5 Å². The maximum absolute atomic E-state index is 12.8. The van der Waals surface area contributed by atoms with Crippen molar-refractivity contribution >= 4 is 5.91 Å². The molecule has 0 bridgehead atoms. The minimum atomic E-state index is -0.166. The standard InChI is InChI=1S/C19H18N2O4/c1-23-14-6-2-5-13(11-14)15-12-18(25-20-15)19(22)21-9-3-7-16(21)17-8-4-10-24-17/h2,4-6,8,10-12,16H,3,7,9H2,1H3/t16-/m0/s1. The number of carbonyl (C=O) groups is 1. The first-order valence-electron chi connectivity index (χ1n) is 8.22. The van der Waals surface area contributed by atoms with Gasteiger partial charge in [0.1, 0.15) is 17.2 Å². The zero-order valence-corrected chi connectivity index (χ0v) is 13.8. The summed E-state index contributed by atoms with van der Waals surface area (Å²) in [4.78, 5) is 14.6. The third-order valence-electron chi connectivity index (χ3n) is 4.47. The quantitative estimate of drug-likeness (QED) is 0.721. The maximum atomic E-state index is 12.8. The van der Waals surface area contributed by atoms with Crippen LogP contribution in [0.4, 0.5) is 0 Å². The highest BCUT2D eigenvalue weighted by molar-refractivity contribution is 5.93. The van der Waals surface area contributed by atoms with E-state index in [0.29, 0.717) is 12.2 Å². The molecule has 3 heterocycles. The Kier molecular flexibility index (Phi) is 4.01. The van der Waals surface area contributed by atoms with Crippen molar-refractivity contribution in [2.45, 2.75) is 18.9 Å². The summed E-state index contributed by atoms with van der Waals surface area (Å²) in [7, 11) is 1.61. The fourth-order valence-corrected chi connectivity index (χ4v) is 3.22. The summed E-state index contributed by atoms with van der Waals surface area (Å²) in [6.45, 7) is 0.680. The summed E-state index contributed by atoms with van der Waals surface area (Å²) >= 11 is 0. The van der Waals surface area contributed by atoms with Crippen molar-refractivity contribution in [2.24, 2.45) is 0 Å². The van der Waals surface area contributed by atoms with Crippen molar-refractivity contribution in [3.05, 3.63) is 60.2 Å². The van der Waals surface area contributed by atoms with Crippen LogP contribution in [0.25, 0.3) is 11.3 Å². The molecule has 1 aromatic carbocycles. The van der Waals surface area contributed by atoms with Crippen LogP contribution in [0.15, 0.2) is 57.7 Å². The Bertz CT molecular complexity index is 869. The van der Waals surface area contributed by atoms with Crippen molar-refractivity contribution in [1.82, 2.24) is 10.1 Å². The lowest BCUT2D eigenvalue weighted by Crippen LogP contribution is -2.30. The van der Waals surface area contributed by atoms with Gasteiger partial charge in [-0.3, -0.25) is 4.79 Å². The molecular formula is C19H18N2O4. The second-order valence-corrected chi connectivity index (χ2v) is 5.98. The fraction of sp³-hybridized carbons (Fsp3) is 0.263. The Morgan fingerprint density at radius 3 is 3.00 bits per heavy atom. The minimum Gasteiger partial charge on any atom is -0.497 e. The lowest BCUT2D eigenvalue weighted by Gasteiger charge is -2.21. The van der Waals surface area contributed by atoms with Gasteiger partial charge in [-0.05, 0) is 37.1 Å². The van der Waals surface area contributed by atoms with Gasteiger partial charge in [-0.15, -0.1) is 0 Å². The zero-order chi connectivity index (χ0) is 17.2. The van der Waals surface area contributed by atoms with Gasteiger partial charge >= 0.3 is 0 Å². The third-order valence-corrected chi connectivity index (χ3v) is 4.47. The molecule has 1 aliphatic rings. The molecule has 0 saturated carbocycles. The maximum Gasteiger partial charge on any atom is 0.293 e. The molecule has 1 atom stereocenters. The van der Waals surface area contributed by atoms with E-state index in [1.54, 1.807) is 24.3 Å². The number of likely N-dealkylation sites (tertiary alicyclic amines) is 1. The molecular weight excluding hydrogens is 320 g/mol. The molecule has 1 aliphatic heterocycles. The number of hydrogen-bond acceptors (Lipinski definition) is 5. The van der Waals surface area contributed by atoms with Gasteiger partial charge in [0.2, 0.25) is 5.76 Å². The summed E-state index contributed by atoms with van der Waals surface area (Å²) in [6.07, 6.45) is 3.45. The Labute approximate surface area is 145 Å². The van der Waals surface area contributed by atoms with Crippen LogP contribution in [-0.2, 0) is 0 Å². The Balaban J connectivity index is 1.58. The number of carbonyl (C=O) groups excluding carboxylic acids is 1. The molecule has 0 aliphatic carbocycles. The molecule has 4 rings (SSSR count). The highest BCUT2D eigenvalue weighted by atomic mass is 16.5. The van der Waals surface area contributed by atoms with E-state index in [0.717, 1.165) is 29.9 Å². The Morgan fingerprint density at radius 2 is 2.20 bits per heavy atom. The molecule has 0 unspecified atom stereocenters. The van der Waals surface area contributed by atoms with E-state index in [1.807, 2.05) is 36.4 Å². The highest BCUT2D eigenvalue weighted by Gasteiger charge is 2.34. The average Bonchev–Trinajstić information content (AvgIpc) is 3.41. The molecule has 0 radical (unpaired) electrons. The van der Waals surface area contributed by atoms with E-state index in [9.17, 15) is 4.79 Å². The second kappa shape index (κ2) is 6.47. The number of methoxy groups -OCH3 is 1. The normalized spacial score (nSPS) is 17.0. The summed E-state index contributed by atoms with van der Waals surface area (Å²) in [5, 5.41) is 4.04. The van der Waals surface area contributed by atoms with Gasteiger partial charge in [0.05, 0.1) is 19.4 Å². The van der Waals surface area contributed by atoms with Crippen LogP contribution in [0, 0.1) is 0 Å². The molecule has 6 heteroatoms. The lowest BCUT2D eigenvalue weighted by atomic mass is 10.1. The number of nitrogens with zero attached hydrogens (tertiary/aromatic N) is 2. The number of aromatic nitrogens is 1. The smallest absolute Gasteiger partial charge is 0.293 e. The summed E-state index contributed by atoms with van der Waals surface area (Å²) in [5.41, 5.74) is 1.45. The van der Waals surface area contributed by atoms with Crippen LogP contribution in [0.1, 0.15) is 35.2 Å². The molecule has 6 nitrogen and oxygen atoms in total. The predicted octanol–water partition coefficient (Wildman–Crippen LogP) is 3.92. The first kappa shape index (κ1) is 15.5. The molecule has 25 heavy (non-hydrogen) atoms. The van der Waals surface area contributed by atoms with Crippen LogP contribution in [0.2, 0.25) is 0 Å². The van der Waals surface area contributed by atoms with Crippen molar-refractivity contribution in [2.75, 3.05) is 13.7 Å². The van der Waals surface area contributed by atoms with E-state index in [2.05, 4.69) is 5.16 Å². The first-order chi connectivity index (χ1) is 12.3. The molecule has 1 saturated heterocycles. The largest absolute Gasteiger partial charge is 0.497 e. The van der Waals surface area contributed by atoms with E-state index < -0.39 is 0 Å². The zero-order valence-electron chi connectivity index (χ0n) is 13.8. The number of amides is 1. The summed E-state index contributed by atoms with van der Waals surface area (Å²) < 4.78 is 16.0. The molecule has 0 spiro atoms. The predicted molar refractivity (Wildman–Crippen MR) is 90.2 cm³/mol. The first-order valence-corrected chi connectivity index (χ1v) is 8.22. The molecule has 0 N–H and O–H groups in total. The van der Waals surface area contributed by atoms with Crippen LogP contribution in [-0.4, -0.2) is 29.6 Å². The second-order valence-electron chi connectivity index (χ2n) is 5.98. The molecule has 1 fully saturated rings. The van der Waals surface area contributed by atoms with Gasteiger partial charge < -0.3 is 18.6 Å². The average molecular weight is 338 g/mol. The topological polar surface area (TPSA) is 68.7 Å². The summed E-state index contributed by atoms with van der Waals surface area (Å²) in [6, 6.07) is 12.8. The number of ether oxygens (including phenoxy) is 1. The molecule has 128 valence electrons. The van der Waals surface area contributed by atoms with Crippen molar-refractivity contribution in [3.63, 3.8) is 0 Å². The summed E-state index contributed by atoms with van der Waals surface area (Å²) in [5.74, 6) is 1.60. The molecule has 1 amide bonds. The number of hydrogen-bond donors (Lipinski definition) is 0. The van der Waals surface area contributed by atoms with E-state index >= 15 is 0 Å². The lowest BCUT2D eigenvalue weighted by molar-refractivity contribution is 0.0677. The molecule has 3 aromatic rings. The highest BCUT2D eigenvalue weighted by Crippen LogP contribution is 2.34. The number of furan rings is 1. The van der Waals surface area contributed by atoms with Gasteiger partial charge in [0, 0.05) is 18.2 Å². The number of benzene rings is 1. The van der Waals surface area contributed by atoms with Gasteiger partial charge in [0.15, 0.2) is 0 Å². The van der Waals surface area contributed by atoms with Crippen LogP contribution in [0.5, 0.6) is 5.75 Å². The van der Waals surface area contributed by atoms with E-state index in [-0.39, 0.29) is 17.7 Å². The molecule has 2 aromatic heterocycles. The van der Waals surface area contributed by atoms with Gasteiger partial charge in [-0.2, -0.15) is 0 Å².